The fourth-order valence-electron chi connectivity index (χ4n) is 6.43. The van der Waals surface area contributed by atoms with E-state index < -0.39 is 50.7 Å². The summed E-state index contributed by atoms with van der Waals surface area (Å²) in [6.45, 7) is -0.0760. The summed E-state index contributed by atoms with van der Waals surface area (Å²) in [6, 6.07) is 11.1. The van der Waals surface area contributed by atoms with Crippen LogP contribution in [0.3, 0.4) is 0 Å². The van der Waals surface area contributed by atoms with Gasteiger partial charge in [-0.15, -0.1) is 11.3 Å². The van der Waals surface area contributed by atoms with E-state index in [1.807, 2.05) is 4.90 Å². The fourth-order valence-corrected chi connectivity index (χ4v) is 8.76. The van der Waals surface area contributed by atoms with Crippen molar-refractivity contribution in [2.75, 3.05) is 31.7 Å². The molecule has 6 rings (SSSR count). The molecule has 1 aromatic heterocycles. The number of hydrogen-bond donors (Lipinski definition) is 0. The highest BCUT2D eigenvalue weighted by Gasteiger charge is 2.47. The van der Waals surface area contributed by atoms with Crippen molar-refractivity contribution in [2.45, 2.75) is 49.0 Å². The van der Waals surface area contributed by atoms with Gasteiger partial charge in [-0.05, 0) is 55.3 Å². The second kappa shape index (κ2) is 13.5. The van der Waals surface area contributed by atoms with Gasteiger partial charge in [0.15, 0.2) is 5.13 Å². The predicted octanol–water partition coefficient (Wildman–Crippen LogP) is 7.67. The monoisotopic (exact) mass is 709 g/mol. The number of rotatable bonds is 9. The first-order chi connectivity index (χ1) is 22.9. The molecular formula is C33H32F5N3O5S2. The smallest absolute Gasteiger partial charge is 0.391 e. The molecule has 0 spiro atoms. The number of methoxy groups -OCH3 is 2. The zero-order chi connectivity index (χ0) is 34.2. The minimum Gasteiger partial charge on any atom is -0.497 e. The average Bonchev–Trinajstić information content (AvgIpc) is 3.61. The van der Waals surface area contributed by atoms with Crippen LogP contribution in [0.5, 0.6) is 17.2 Å². The Morgan fingerprint density at radius 1 is 1.02 bits per heavy atom. The Hall–Kier alpha value is -3.95. The Morgan fingerprint density at radius 2 is 1.79 bits per heavy atom. The van der Waals surface area contributed by atoms with Crippen molar-refractivity contribution in [2.24, 2.45) is 5.92 Å². The number of hydrogen-bond acceptors (Lipinski definition) is 8. The van der Waals surface area contributed by atoms with E-state index >= 15 is 4.39 Å². The van der Waals surface area contributed by atoms with Crippen LogP contribution in [0.2, 0.25) is 0 Å². The average molecular weight is 710 g/mol. The molecule has 0 amide bonds. The molecule has 4 aromatic rings. The third-order valence-electron chi connectivity index (χ3n) is 8.84. The van der Waals surface area contributed by atoms with E-state index in [1.54, 1.807) is 23.6 Å². The van der Waals surface area contributed by atoms with Crippen molar-refractivity contribution in [3.63, 3.8) is 0 Å². The van der Waals surface area contributed by atoms with E-state index in [4.69, 9.17) is 14.2 Å². The van der Waals surface area contributed by atoms with Crippen LogP contribution < -0.4 is 18.5 Å². The standard InChI is InChI=1S/C33H32F5N3O5S2/c1-44-24-8-5-21(29(16-24)45-2)19-41(32-39-11-14-47-32)48(42,43)31-18-30-25(17-26(31)35)27(10-13-46-30)40-12-9-22(33(36,37)38)15-28(40)20-3-6-23(34)7-4-20/h3-8,11,14,16-18,22,27-28H,9-10,12-13,15,19H2,1-2H3/t22-,27-,28+/m0/s1. The lowest BCUT2D eigenvalue weighted by molar-refractivity contribution is -0.192. The number of alkyl halides is 3. The second-order valence-corrected chi connectivity index (χ2v) is 14.2. The van der Waals surface area contributed by atoms with Crippen molar-refractivity contribution in [1.82, 2.24) is 9.88 Å². The van der Waals surface area contributed by atoms with Crippen molar-refractivity contribution < 1.29 is 44.6 Å². The molecule has 256 valence electrons. The highest BCUT2D eigenvalue weighted by Crippen LogP contribution is 2.49. The third kappa shape index (κ3) is 6.67. The van der Waals surface area contributed by atoms with Crippen LogP contribution in [0.4, 0.5) is 27.1 Å². The van der Waals surface area contributed by atoms with Gasteiger partial charge in [0.1, 0.15) is 33.8 Å². The maximum atomic E-state index is 16.2. The van der Waals surface area contributed by atoms with Crippen LogP contribution in [0.15, 0.2) is 71.1 Å². The van der Waals surface area contributed by atoms with Gasteiger partial charge in [-0.3, -0.25) is 4.90 Å². The lowest BCUT2D eigenvalue weighted by atomic mass is 9.84. The van der Waals surface area contributed by atoms with Gasteiger partial charge in [0.2, 0.25) is 0 Å². The van der Waals surface area contributed by atoms with Gasteiger partial charge in [-0.25, -0.2) is 26.5 Å². The molecule has 0 radical (unpaired) electrons. The molecule has 0 aliphatic carbocycles. The number of fused-ring (bicyclic) bond motifs is 1. The van der Waals surface area contributed by atoms with Gasteiger partial charge in [0, 0.05) is 53.3 Å². The predicted molar refractivity (Wildman–Crippen MR) is 169 cm³/mol. The number of nitrogens with zero attached hydrogens (tertiary/aromatic N) is 3. The van der Waals surface area contributed by atoms with Gasteiger partial charge < -0.3 is 14.2 Å². The largest absolute Gasteiger partial charge is 0.497 e. The zero-order valence-corrected chi connectivity index (χ0v) is 27.5. The summed E-state index contributed by atoms with van der Waals surface area (Å²) in [5.74, 6) is -2.16. The lowest BCUT2D eigenvalue weighted by Gasteiger charge is -2.46. The first-order valence-corrected chi connectivity index (χ1v) is 17.4. The van der Waals surface area contributed by atoms with Gasteiger partial charge in [-0.1, -0.05) is 12.1 Å². The van der Waals surface area contributed by atoms with Crippen LogP contribution in [-0.2, 0) is 16.6 Å². The van der Waals surface area contributed by atoms with Crippen LogP contribution in [0.1, 0.15) is 48.0 Å². The number of piperidine rings is 1. The minimum atomic E-state index is -4.59. The SMILES string of the molecule is COc1ccc(CN(c2nccs2)S(=O)(=O)c2cc3c(cc2F)[C@@H](N2CC[C@H](C(F)(F)F)C[C@@H]2c2ccc(F)cc2)CCO3)c(OC)c1. The Balaban J connectivity index is 1.37. The molecule has 3 atom stereocenters. The Bertz CT molecular complexity index is 1860. The summed E-state index contributed by atoms with van der Waals surface area (Å²) in [7, 11) is -1.67. The summed E-state index contributed by atoms with van der Waals surface area (Å²) < 4.78 is 118. The number of benzene rings is 3. The molecule has 0 unspecified atom stereocenters. The Kier molecular flexibility index (Phi) is 9.55. The molecule has 0 bridgehead atoms. The second-order valence-electron chi connectivity index (χ2n) is 11.5. The first-order valence-electron chi connectivity index (χ1n) is 15.1. The zero-order valence-electron chi connectivity index (χ0n) is 25.9. The van der Waals surface area contributed by atoms with E-state index in [0.717, 1.165) is 27.8 Å². The first kappa shape index (κ1) is 33.9. The van der Waals surface area contributed by atoms with E-state index in [2.05, 4.69) is 4.98 Å². The summed E-state index contributed by atoms with van der Waals surface area (Å²) in [6.07, 6.45) is -3.07. The Morgan fingerprint density at radius 3 is 2.46 bits per heavy atom. The van der Waals surface area contributed by atoms with E-state index in [0.29, 0.717) is 34.6 Å². The number of ether oxygens (including phenoxy) is 3. The van der Waals surface area contributed by atoms with Crippen molar-refractivity contribution in [3.8, 4) is 17.2 Å². The fraction of sp³-hybridized carbons (Fsp3) is 0.364. The molecule has 0 saturated carbocycles. The van der Waals surface area contributed by atoms with E-state index in [1.165, 1.54) is 44.7 Å². The van der Waals surface area contributed by atoms with E-state index in [-0.39, 0.29) is 43.4 Å². The maximum Gasteiger partial charge on any atom is 0.391 e. The summed E-state index contributed by atoms with van der Waals surface area (Å²) >= 11 is 1.05. The minimum absolute atomic E-state index is 0.0412. The van der Waals surface area contributed by atoms with Crippen LogP contribution in [0.25, 0.3) is 0 Å². The van der Waals surface area contributed by atoms with Gasteiger partial charge in [-0.2, -0.15) is 13.2 Å². The number of anilines is 1. The van der Waals surface area contributed by atoms with Gasteiger partial charge in [0.25, 0.3) is 10.0 Å². The molecule has 0 N–H and O–H groups in total. The maximum absolute atomic E-state index is 16.2. The number of likely N-dealkylation sites (tertiary alicyclic amines) is 1. The van der Waals surface area contributed by atoms with Crippen LogP contribution >= 0.6 is 11.3 Å². The van der Waals surface area contributed by atoms with Crippen molar-refractivity contribution >= 4 is 26.5 Å². The molecule has 48 heavy (non-hydrogen) atoms. The van der Waals surface area contributed by atoms with Gasteiger partial charge >= 0.3 is 6.18 Å². The summed E-state index contributed by atoms with van der Waals surface area (Å²) in [4.78, 5) is 5.41. The molecule has 15 heteroatoms. The molecule has 1 fully saturated rings. The van der Waals surface area contributed by atoms with Crippen LogP contribution in [-0.4, -0.2) is 51.8 Å². The van der Waals surface area contributed by atoms with Crippen molar-refractivity contribution in [3.05, 3.63) is 94.5 Å². The normalized spacial score (nSPS) is 20.1. The number of thiazole rings is 1. The molecule has 2 aliphatic heterocycles. The number of sulfonamides is 1. The molecule has 3 aromatic carbocycles. The molecule has 3 heterocycles. The van der Waals surface area contributed by atoms with Crippen molar-refractivity contribution in [1.29, 1.82) is 0 Å². The summed E-state index contributed by atoms with van der Waals surface area (Å²) in [5, 5.41) is 1.69. The topological polar surface area (TPSA) is 81.2 Å². The number of halogens is 5. The molecule has 1 saturated heterocycles. The molecule has 8 nitrogen and oxygen atoms in total. The highest BCUT2D eigenvalue weighted by molar-refractivity contribution is 7.93. The van der Waals surface area contributed by atoms with Crippen LogP contribution in [0, 0.1) is 17.6 Å². The Labute approximate surface area is 278 Å². The third-order valence-corrected chi connectivity index (χ3v) is 11.5. The molecule has 2 aliphatic rings. The summed E-state index contributed by atoms with van der Waals surface area (Å²) in [5.41, 5.74) is 1.31. The lowest BCUT2D eigenvalue weighted by Crippen LogP contribution is -2.44. The number of aromatic nitrogens is 1. The van der Waals surface area contributed by atoms with E-state index in [9.17, 15) is 26.0 Å². The highest BCUT2D eigenvalue weighted by atomic mass is 32.2. The molecular weight excluding hydrogens is 678 g/mol. The quantitative estimate of drug-likeness (QED) is 0.165. The van der Waals surface area contributed by atoms with Gasteiger partial charge in [0.05, 0.1) is 33.3 Å².